The average molecular weight is 259 g/mol. The summed E-state index contributed by atoms with van der Waals surface area (Å²) >= 11 is 0. The minimum absolute atomic E-state index is 0.327. The van der Waals surface area contributed by atoms with E-state index in [9.17, 15) is 4.79 Å². The molecule has 1 aromatic carbocycles. The van der Waals surface area contributed by atoms with Crippen LogP contribution in [0, 0.1) is 6.92 Å². The highest BCUT2D eigenvalue weighted by molar-refractivity contribution is 5.98. The predicted molar refractivity (Wildman–Crippen MR) is 74.6 cm³/mol. The summed E-state index contributed by atoms with van der Waals surface area (Å²) in [6, 6.07) is 5.13. The van der Waals surface area contributed by atoms with Gasteiger partial charge in [-0.3, -0.25) is 9.48 Å². The summed E-state index contributed by atoms with van der Waals surface area (Å²) in [6.45, 7) is 2.58. The van der Waals surface area contributed by atoms with Gasteiger partial charge in [0.25, 0.3) is 5.91 Å². The molecule has 0 atom stereocenters. The van der Waals surface area contributed by atoms with E-state index in [1.165, 1.54) is 0 Å². The lowest BCUT2D eigenvalue weighted by Crippen LogP contribution is -2.14. The minimum Gasteiger partial charge on any atom is -0.398 e. The normalized spacial score (nSPS) is 10.4. The van der Waals surface area contributed by atoms with E-state index in [1.54, 1.807) is 16.8 Å². The molecule has 5 N–H and O–H groups in total. The third-order valence-corrected chi connectivity index (χ3v) is 2.92. The van der Waals surface area contributed by atoms with Crippen molar-refractivity contribution in [3.63, 3.8) is 0 Å². The number of hydrogen-bond donors (Lipinski definition) is 3. The highest BCUT2D eigenvalue weighted by atomic mass is 16.1. The number of rotatable bonds is 4. The van der Waals surface area contributed by atoms with E-state index in [-0.39, 0.29) is 0 Å². The Hall–Kier alpha value is -2.50. The quantitative estimate of drug-likeness (QED) is 0.714. The second kappa shape index (κ2) is 5.01. The van der Waals surface area contributed by atoms with E-state index in [2.05, 4.69) is 10.4 Å². The SMILES string of the molecule is Cc1nn(C)cc1CNc1ccc(N)c(C(N)=O)c1. The maximum Gasteiger partial charge on any atom is 0.250 e. The largest absolute Gasteiger partial charge is 0.398 e. The number of nitrogens with one attached hydrogen (secondary N) is 1. The Kier molecular flexibility index (Phi) is 3.41. The number of aryl methyl sites for hydroxylation is 2. The van der Waals surface area contributed by atoms with Crippen molar-refractivity contribution < 1.29 is 4.79 Å². The number of carbonyl (C=O) groups is 1. The molecule has 2 aromatic rings. The zero-order valence-corrected chi connectivity index (χ0v) is 11.0. The number of nitrogen functional groups attached to an aromatic ring is 1. The Morgan fingerprint density at radius 2 is 2.21 bits per heavy atom. The molecule has 6 heteroatoms. The summed E-state index contributed by atoms with van der Waals surface area (Å²) in [4.78, 5) is 11.2. The molecule has 0 saturated carbocycles. The Balaban J connectivity index is 2.14. The molecule has 0 aliphatic carbocycles. The lowest BCUT2D eigenvalue weighted by molar-refractivity contribution is 0.100. The van der Waals surface area contributed by atoms with E-state index in [1.807, 2.05) is 26.2 Å². The molecule has 100 valence electrons. The Morgan fingerprint density at radius 3 is 2.79 bits per heavy atom. The molecular formula is C13H17N5O. The minimum atomic E-state index is -0.529. The van der Waals surface area contributed by atoms with E-state index < -0.39 is 5.91 Å². The van der Waals surface area contributed by atoms with Crippen molar-refractivity contribution in [3.05, 3.63) is 41.2 Å². The number of nitrogens with two attached hydrogens (primary N) is 2. The van der Waals surface area contributed by atoms with Gasteiger partial charge in [-0.25, -0.2) is 0 Å². The summed E-state index contributed by atoms with van der Waals surface area (Å²) in [6.07, 6.45) is 1.95. The molecule has 2 rings (SSSR count). The summed E-state index contributed by atoms with van der Waals surface area (Å²) < 4.78 is 1.77. The van der Waals surface area contributed by atoms with Gasteiger partial charge in [0.2, 0.25) is 0 Å². The summed E-state index contributed by atoms with van der Waals surface area (Å²) in [5.74, 6) is -0.529. The second-order valence-corrected chi connectivity index (χ2v) is 4.43. The number of aromatic nitrogens is 2. The summed E-state index contributed by atoms with van der Waals surface area (Å²) in [7, 11) is 1.88. The number of benzene rings is 1. The Morgan fingerprint density at radius 1 is 1.47 bits per heavy atom. The van der Waals surface area contributed by atoms with Gasteiger partial charge in [-0.2, -0.15) is 5.10 Å². The first-order chi connectivity index (χ1) is 8.97. The van der Waals surface area contributed by atoms with Crippen LogP contribution < -0.4 is 16.8 Å². The number of hydrogen-bond acceptors (Lipinski definition) is 4. The van der Waals surface area contributed by atoms with Crippen molar-refractivity contribution in [3.8, 4) is 0 Å². The fourth-order valence-corrected chi connectivity index (χ4v) is 1.90. The monoisotopic (exact) mass is 259 g/mol. The summed E-state index contributed by atoms with van der Waals surface area (Å²) in [5, 5.41) is 7.49. The van der Waals surface area contributed by atoms with Crippen molar-refractivity contribution in [1.82, 2.24) is 9.78 Å². The van der Waals surface area contributed by atoms with Gasteiger partial charge in [0.15, 0.2) is 0 Å². The van der Waals surface area contributed by atoms with Crippen LogP contribution in [0.2, 0.25) is 0 Å². The topological polar surface area (TPSA) is 99.0 Å². The molecule has 1 heterocycles. The fraction of sp³-hybridized carbons (Fsp3) is 0.231. The molecule has 1 amide bonds. The van der Waals surface area contributed by atoms with Crippen LogP contribution >= 0.6 is 0 Å². The van der Waals surface area contributed by atoms with Crippen LogP contribution in [0.15, 0.2) is 24.4 Å². The van der Waals surface area contributed by atoms with E-state index in [0.29, 0.717) is 17.8 Å². The molecule has 0 unspecified atom stereocenters. The molecule has 0 radical (unpaired) electrons. The Bertz CT molecular complexity index is 617. The first kappa shape index (κ1) is 12.9. The molecule has 0 spiro atoms. The second-order valence-electron chi connectivity index (χ2n) is 4.43. The van der Waals surface area contributed by atoms with Gasteiger partial charge in [0.05, 0.1) is 11.3 Å². The molecule has 6 nitrogen and oxygen atoms in total. The highest BCUT2D eigenvalue weighted by Gasteiger charge is 2.07. The summed E-state index contributed by atoms with van der Waals surface area (Å²) in [5.41, 5.74) is 14.5. The number of carbonyl (C=O) groups excluding carboxylic acids is 1. The number of amides is 1. The van der Waals surface area contributed by atoms with Gasteiger partial charge in [0, 0.05) is 36.7 Å². The van der Waals surface area contributed by atoms with Crippen molar-refractivity contribution in [2.24, 2.45) is 12.8 Å². The highest BCUT2D eigenvalue weighted by Crippen LogP contribution is 2.18. The van der Waals surface area contributed by atoms with Crippen LogP contribution in [0.4, 0.5) is 11.4 Å². The molecule has 0 saturated heterocycles. The molecule has 1 aromatic heterocycles. The van der Waals surface area contributed by atoms with Gasteiger partial charge in [-0.15, -0.1) is 0 Å². The van der Waals surface area contributed by atoms with Gasteiger partial charge in [-0.05, 0) is 25.1 Å². The fourth-order valence-electron chi connectivity index (χ4n) is 1.90. The maximum atomic E-state index is 11.2. The first-order valence-corrected chi connectivity index (χ1v) is 5.89. The van der Waals surface area contributed by atoms with Gasteiger partial charge in [-0.1, -0.05) is 0 Å². The average Bonchev–Trinajstić information content (AvgIpc) is 2.66. The third kappa shape index (κ3) is 2.85. The van der Waals surface area contributed by atoms with Gasteiger partial charge >= 0.3 is 0 Å². The van der Waals surface area contributed by atoms with Crippen LogP contribution in [-0.2, 0) is 13.6 Å². The smallest absolute Gasteiger partial charge is 0.250 e. The van der Waals surface area contributed by atoms with E-state index >= 15 is 0 Å². The van der Waals surface area contributed by atoms with Crippen LogP contribution in [0.1, 0.15) is 21.6 Å². The van der Waals surface area contributed by atoms with E-state index in [0.717, 1.165) is 16.9 Å². The van der Waals surface area contributed by atoms with Gasteiger partial charge < -0.3 is 16.8 Å². The molecule has 0 aliphatic rings. The zero-order chi connectivity index (χ0) is 14.0. The maximum absolute atomic E-state index is 11.2. The number of primary amides is 1. The lowest BCUT2D eigenvalue weighted by atomic mass is 10.1. The predicted octanol–water partition coefficient (Wildman–Crippen LogP) is 1.02. The molecule has 0 aliphatic heterocycles. The van der Waals surface area contributed by atoms with Crippen molar-refractivity contribution in [2.75, 3.05) is 11.1 Å². The number of anilines is 2. The Labute approximate surface area is 111 Å². The lowest BCUT2D eigenvalue weighted by Gasteiger charge is -2.08. The number of nitrogens with zero attached hydrogens (tertiary/aromatic N) is 2. The first-order valence-electron chi connectivity index (χ1n) is 5.89. The molecule has 0 bridgehead atoms. The molecule has 0 fully saturated rings. The molecule has 19 heavy (non-hydrogen) atoms. The van der Waals surface area contributed by atoms with Crippen LogP contribution in [0.25, 0.3) is 0 Å². The molecular weight excluding hydrogens is 242 g/mol. The van der Waals surface area contributed by atoms with Gasteiger partial charge in [0.1, 0.15) is 0 Å². The van der Waals surface area contributed by atoms with Crippen LogP contribution in [0.3, 0.4) is 0 Å². The zero-order valence-electron chi connectivity index (χ0n) is 11.0. The van der Waals surface area contributed by atoms with Crippen LogP contribution in [-0.4, -0.2) is 15.7 Å². The standard InChI is InChI=1S/C13H17N5O/c1-8-9(7-18(2)17-8)6-16-10-3-4-12(14)11(5-10)13(15)19/h3-5,7,16H,6,14H2,1-2H3,(H2,15,19). The van der Waals surface area contributed by atoms with Crippen molar-refractivity contribution in [1.29, 1.82) is 0 Å². The van der Waals surface area contributed by atoms with Crippen LogP contribution in [0.5, 0.6) is 0 Å². The van der Waals surface area contributed by atoms with Crippen molar-refractivity contribution in [2.45, 2.75) is 13.5 Å². The van der Waals surface area contributed by atoms with Crippen molar-refractivity contribution >= 4 is 17.3 Å². The third-order valence-electron chi connectivity index (χ3n) is 2.92. The van der Waals surface area contributed by atoms with E-state index in [4.69, 9.17) is 11.5 Å².